The van der Waals surface area contributed by atoms with E-state index in [1.807, 2.05) is 24.3 Å². The largest absolute Gasteiger partial charge is 0.452 e. The number of fused-ring (bicyclic) bond motifs is 1. The number of aryl methyl sites for hydroxylation is 1. The molecule has 35 heavy (non-hydrogen) atoms. The molecule has 0 radical (unpaired) electrons. The zero-order chi connectivity index (χ0) is 24.8. The smallest absolute Gasteiger partial charge is 0.331 e. The van der Waals surface area contributed by atoms with Crippen LogP contribution in [-0.4, -0.2) is 54.3 Å². The van der Waals surface area contributed by atoms with Gasteiger partial charge in [-0.15, -0.1) is 0 Å². The number of para-hydroxylation sites is 2. The van der Waals surface area contributed by atoms with Crippen molar-refractivity contribution in [3.8, 4) is 0 Å². The predicted molar refractivity (Wildman–Crippen MR) is 132 cm³/mol. The lowest BCUT2D eigenvalue weighted by Gasteiger charge is -2.26. The zero-order valence-electron chi connectivity index (χ0n) is 19.3. The number of esters is 1. The van der Waals surface area contributed by atoms with Crippen LogP contribution in [0.15, 0.2) is 59.6 Å². The van der Waals surface area contributed by atoms with Crippen molar-refractivity contribution in [1.82, 2.24) is 14.3 Å². The van der Waals surface area contributed by atoms with Crippen LogP contribution in [0.25, 0.3) is 17.1 Å². The summed E-state index contributed by atoms with van der Waals surface area (Å²) in [6, 6.07) is 12.0. The molecule has 4 rings (SSSR count). The van der Waals surface area contributed by atoms with Crippen LogP contribution in [0.3, 0.4) is 0 Å². The lowest BCUT2D eigenvalue weighted by atomic mass is 10.2. The molecule has 1 aliphatic rings. The molecule has 9 nitrogen and oxygen atoms in total. The predicted octanol–water partition coefficient (Wildman–Crippen LogP) is 3.31. The Kier molecular flexibility index (Phi) is 7.52. The molecule has 1 aromatic heterocycles. The van der Waals surface area contributed by atoms with E-state index in [9.17, 15) is 18.0 Å². The lowest BCUT2D eigenvalue weighted by molar-refractivity contribution is -0.142. The number of carbonyl (C=O) groups is 2. The minimum Gasteiger partial charge on any atom is -0.452 e. The summed E-state index contributed by atoms with van der Waals surface area (Å²) in [5.74, 6) is -1.29. The highest BCUT2D eigenvalue weighted by Gasteiger charge is 2.26. The van der Waals surface area contributed by atoms with Crippen LogP contribution in [0.5, 0.6) is 0 Å². The van der Waals surface area contributed by atoms with Crippen LogP contribution >= 0.6 is 0 Å². The van der Waals surface area contributed by atoms with E-state index in [2.05, 4.69) is 15.3 Å². The van der Waals surface area contributed by atoms with Crippen molar-refractivity contribution in [2.45, 2.75) is 31.1 Å². The normalized spacial score (nSPS) is 14.8. The summed E-state index contributed by atoms with van der Waals surface area (Å²) in [6.45, 7) is 2.22. The molecule has 1 aliphatic heterocycles. The van der Waals surface area contributed by atoms with Crippen molar-refractivity contribution in [2.75, 3.05) is 25.0 Å². The Balaban J connectivity index is 1.35. The molecule has 10 heteroatoms. The maximum absolute atomic E-state index is 12.9. The van der Waals surface area contributed by atoms with Crippen LogP contribution < -0.4 is 5.32 Å². The fourth-order valence-electron chi connectivity index (χ4n) is 3.73. The number of hydrogen-bond acceptors (Lipinski definition) is 7. The van der Waals surface area contributed by atoms with Crippen molar-refractivity contribution in [3.63, 3.8) is 0 Å². The van der Waals surface area contributed by atoms with Crippen molar-refractivity contribution in [3.05, 3.63) is 66.0 Å². The Bertz CT molecular complexity index is 1380. The summed E-state index contributed by atoms with van der Waals surface area (Å²) in [5.41, 5.74) is 2.96. The maximum atomic E-state index is 12.9. The van der Waals surface area contributed by atoms with E-state index in [1.165, 1.54) is 34.8 Å². The van der Waals surface area contributed by atoms with Crippen LogP contribution in [0.4, 0.5) is 5.69 Å². The number of anilines is 1. The molecule has 1 saturated heterocycles. The highest BCUT2D eigenvalue weighted by Crippen LogP contribution is 2.25. The highest BCUT2D eigenvalue weighted by molar-refractivity contribution is 7.89. The van der Waals surface area contributed by atoms with E-state index in [4.69, 9.17) is 4.74 Å². The van der Waals surface area contributed by atoms with Crippen molar-refractivity contribution in [2.24, 2.45) is 0 Å². The number of piperidine rings is 1. The van der Waals surface area contributed by atoms with E-state index in [0.717, 1.165) is 24.8 Å². The van der Waals surface area contributed by atoms with Gasteiger partial charge in [0.25, 0.3) is 5.91 Å². The summed E-state index contributed by atoms with van der Waals surface area (Å²) < 4.78 is 32.4. The number of ether oxygens (including phenoxy) is 1. The van der Waals surface area contributed by atoms with E-state index < -0.39 is 28.5 Å². The Morgan fingerprint density at radius 2 is 1.83 bits per heavy atom. The minimum atomic E-state index is -3.63. The number of amides is 1. The first kappa shape index (κ1) is 24.5. The summed E-state index contributed by atoms with van der Waals surface area (Å²) in [7, 11) is -3.63. The number of sulfonamides is 1. The van der Waals surface area contributed by atoms with Gasteiger partial charge in [0.1, 0.15) is 0 Å². The maximum Gasteiger partial charge on any atom is 0.331 e. The van der Waals surface area contributed by atoms with Crippen LogP contribution in [-0.2, 0) is 24.3 Å². The number of nitrogens with zero attached hydrogens (tertiary/aromatic N) is 3. The molecule has 0 atom stereocenters. The third kappa shape index (κ3) is 6.09. The Hall–Kier alpha value is -3.63. The summed E-state index contributed by atoms with van der Waals surface area (Å²) in [6.07, 6.45) is 6.85. The van der Waals surface area contributed by atoms with Gasteiger partial charge in [-0.05, 0) is 55.7 Å². The second-order valence-corrected chi connectivity index (χ2v) is 10.2. The van der Waals surface area contributed by atoms with Gasteiger partial charge in [-0.1, -0.05) is 24.6 Å². The first-order valence-electron chi connectivity index (χ1n) is 11.3. The van der Waals surface area contributed by atoms with E-state index in [1.54, 1.807) is 13.0 Å². The number of rotatable bonds is 7. The van der Waals surface area contributed by atoms with Gasteiger partial charge in [0.15, 0.2) is 6.61 Å². The second kappa shape index (κ2) is 10.7. The number of carbonyl (C=O) groups excluding carboxylic acids is 2. The molecule has 0 spiro atoms. The van der Waals surface area contributed by atoms with Crippen LogP contribution in [0.1, 0.15) is 30.5 Å². The molecule has 3 aromatic rings. The van der Waals surface area contributed by atoms with Gasteiger partial charge in [-0.3, -0.25) is 9.78 Å². The number of hydrogen-bond donors (Lipinski definition) is 1. The molecule has 1 amide bonds. The molecule has 1 N–H and O–H groups in total. The van der Waals surface area contributed by atoms with Gasteiger partial charge in [-0.25, -0.2) is 18.2 Å². The first-order chi connectivity index (χ1) is 16.8. The molecule has 0 saturated carbocycles. The lowest BCUT2D eigenvalue weighted by Crippen LogP contribution is -2.35. The average Bonchev–Trinajstić information content (AvgIpc) is 2.87. The SMILES string of the molecule is Cc1ccc(S(=O)(=O)N2CCCCC2)cc1NC(=O)COC(=O)/C=C/c1cnc2ccccc2n1. The van der Waals surface area contributed by atoms with E-state index in [0.29, 0.717) is 35.6 Å². The van der Waals surface area contributed by atoms with Crippen molar-refractivity contribution in [1.29, 1.82) is 0 Å². The van der Waals surface area contributed by atoms with Gasteiger partial charge in [0.05, 0.1) is 27.8 Å². The summed E-state index contributed by atoms with van der Waals surface area (Å²) in [4.78, 5) is 33.2. The Morgan fingerprint density at radius 3 is 2.60 bits per heavy atom. The van der Waals surface area contributed by atoms with Crippen LogP contribution in [0, 0.1) is 6.92 Å². The van der Waals surface area contributed by atoms with Gasteiger partial charge < -0.3 is 10.1 Å². The molecule has 182 valence electrons. The zero-order valence-corrected chi connectivity index (χ0v) is 20.1. The van der Waals surface area contributed by atoms with Gasteiger partial charge in [-0.2, -0.15) is 4.31 Å². The average molecular weight is 495 g/mol. The fourth-order valence-corrected chi connectivity index (χ4v) is 5.27. The highest BCUT2D eigenvalue weighted by atomic mass is 32.2. The molecule has 2 heterocycles. The summed E-state index contributed by atoms with van der Waals surface area (Å²) in [5, 5.41) is 2.63. The third-order valence-electron chi connectivity index (χ3n) is 5.64. The Labute approximate surface area is 203 Å². The van der Waals surface area contributed by atoms with E-state index >= 15 is 0 Å². The van der Waals surface area contributed by atoms with Gasteiger partial charge >= 0.3 is 5.97 Å². The topological polar surface area (TPSA) is 119 Å². The van der Waals surface area contributed by atoms with Gasteiger partial charge in [0, 0.05) is 24.9 Å². The third-order valence-corrected chi connectivity index (χ3v) is 7.53. The van der Waals surface area contributed by atoms with Gasteiger partial charge in [0.2, 0.25) is 10.0 Å². The molecule has 0 aliphatic carbocycles. The quantitative estimate of drug-likeness (QED) is 0.395. The summed E-state index contributed by atoms with van der Waals surface area (Å²) >= 11 is 0. The van der Waals surface area contributed by atoms with E-state index in [-0.39, 0.29) is 4.90 Å². The molecule has 2 aromatic carbocycles. The number of benzene rings is 2. The van der Waals surface area contributed by atoms with Crippen LogP contribution in [0.2, 0.25) is 0 Å². The molecule has 0 unspecified atom stereocenters. The van der Waals surface area contributed by atoms with Crippen molar-refractivity contribution >= 4 is 44.7 Å². The molecule has 0 bridgehead atoms. The number of aromatic nitrogens is 2. The Morgan fingerprint density at radius 1 is 1.09 bits per heavy atom. The number of nitrogens with one attached hydrogen (secondary N) is 1. The standard InChI is InChI=1S/C25H26N4O5S/c1-18-9-11-20(35(32,33)29-13-5-2-6-14-29)15-23(18)28-24(30)17-34-25(31)12-10-19-16-26-21-7-3-4-8-22(21)27-19/h3-4,7-12,15-16H,2,5-6,13-14,17H2,1H3,(H,28,30)/b12-10+. The second-order valence-electron chi connectivity index (χ2n) is 8.21. The molecule has 1 fully saturated rings. The fraction of sp³-hybridized carbons (Fsp3) is 0.280. The minimum absolute atomic E-state index is 0.122. The molecular formula is C25H26N4O5S. The molecular weight excluding hydrogens is 468 g/mol. The monoisotopic (exact) mass is 494 g/mol. The first-order valence-corrected chi connectivity index (χ1v) is 12.7. The van der Waals surface area contributed by atoms with Crippen molar-refractivity contribution < 1.29 is 22.7 Å².